The molecule has 2 rings (SSSR count). The van der Waals surface area contributed by atoms with Crippen LogP contribution in [0.25, 0.3) is 0 Å². The van der Waals surface area contributed by atoms with Crippen LogP contribution >= 0.6 is 0 Å². The van der Waals surface area contributed by atoms with Gasteiger partial charge in [0.25, 0.3) is 5.91 Å². The third-order valence-corrected chi connectivity index (χ3v) is 3.46. The minimum absolute atomic E-state index is 0.0731. The molecular formula is C16H22N2O4. The molecule has 1 aromatic heterocycles. The topological polar surface area (TPSA) is 80.4 Å². The molecule has 0 aromatic carbocycles. The number of nitrogens with one attached hydrogen (secondary N) is 2. The number of H-pyrrole nitrogens is 1. The van der Waals surface area contributed by atoms with Crippen LogP contribution in [0.15, 0.2) is 34.8 Å². The Morgan fingerprint density at radius 1 is 1.50 bits per heavy atom. The van der Waals surface area contributed by atoms with Crippen LogP contribution in [0.5, 0.6) is 0 Å². The minimum Gasteiger partial charge on any atom is -0.379 e. The first-order chi connectivity index (χ1) is 10.6. The van der Waals surface area contributed by atoms with Crippen molar-refractivity contribution in [2.24, 2.45) is 0 Å². The molecule has 1 aromatic rings. The maximum absolute atomic E-state index is 12.2. The van der Waals surface area contributed by atoms with E-state index in [1.54, 1.807) is 0 Å². The summed E-state index contributed by atoms with van der Waals surface area (Å²) in [6.45, 7) is 5.61. The first-order valence-corrected chi connectivity index (χ1v) is 7.38. The van der Waals surface area contributed by atoms with Gasteiger partial charge in [-0.2, -0.15) is 0 Å². The average Bonchev–Trinajstić information content (AvgIpc) is 2.49. The molecule has 2 heterocycles. The lowest BCUT2D eigenvalue weighted by molar-refractivity contribution is -0.0457. The van der Waals surface area contributed by atoms with E-state index in [0.717, 1.165) is 6.42 Å². The molecule has 6 heteroatoms. The molecule has 1 aliphatic heterocycles. The molecule has 0 saturated carbocycles. The lowest BCUT2D eigenvalue weighted by atomic mass is 10.1. The van der Waals surface area contributed by atoms with Gasteiger partial charge in [0, 0.05) is 18.9 Å². The average molecular weight is 306 g/mol. The Labute approximate surface area is 129 Å². The Morgan fingerprint density at radius 2 is 2.32 bits per heavy atom. The van der Waals surface area contributed by atoms with Crippen LogP contribution < -0.4 is 10.9 Å². The largest absolute Gasteiger partial charge is 0.379 e. The summed E-state index contributed by atoms with van der Waals surface area (Å²) in [4.78, 5) is 25.7. The number of ether oxygens (including phenoxy) is 2. The number of hydrogen-bond acceptors (Lipinski definition) is 4. The van der Waals surface area contributed by atoms with Crippen molar-refractivity contribution in [3.63, 3.8) is 0 Å². The standard InChI is InChI=1S/C16H22N2O4/c1-11(2)5-8-22-14-6-7-21-10-13(14)18-16(20)12-3-4-15(19)17-9-12/h3-5,9,13-14H,6-8,10H2,1-2H3,(H,17,19)(H,18,20)/t13-,14+/m0/s1. The molecule has 2 atom stereocenters. The van der Waals surface area contributed by atoms with Crippen molar-refractivity contribution < 1.29 is 14.3 Å². The van der Waals surface area contributed by atoms with Crippen molar-refractivity contribution in [3.8, 4) is 0 Å². The summed E-state index contributed by atoms with van der Waals surface area (Å²) in [5, 5.41) is 2.91. The van der Waals surface area contributed by atoms with E-state index in [-0.39, 0.29) is 23.6 Å². The van der Waals surface area contributed by atoms with E-state index in [0.29, 0.717) is 25.4 Å². The number of hydrogen-bond donors (Lipinski definition) is 2. The van der Waals surface area contributed by atoms with Gasteiger partial charge in [-0.3, -0.25) is 9.59 Å². The Morgan fingerprint density at radius 3 is 3.00 bits per heavy atom. The van der Waals surface area contributed by atoms with Crippen LogP contribution in [0.3, 0.4) is 0 Å². The van der Waals surface area contributed by atoms with Crippen molar-refractivity contribution >= 4 is 5.91 Å². The highest BCUT2D eigenvalue weighted by Gasteiger charge is 2.28. The lowest BCUT2D eigenvalue weighted by Crippen LogP contribution is -2.50. The van der Waals surface area contributed by atoms with Crippen LogP contribution in [0.2, 0.25) is 0 Å². The van der Waals surface area contributed by atoms with E-state index in [1.807, 2.05) is 19.9 Å². The summed E-state index contributed by atoms with van der Waals surface area (Å²) in [6.07, 6.45) is 4.08. The molecule has 6 nitrogen and oxygen atoms in total. The molecule has 0 spiro atoms. The summed E-state index contributed by atoms with van der Waals surface area (Å²) in [6, 6.07) is 2.63. The van der Waals surface area contributed by atoms with Gasteiger partial charge in [-0.15, -0.1) is 0 Å². The smallest absolute Gasteiger partial charge is 0.253 e. The van der Waals surface area contributed by atoms with Gasteiger partial charge >= 0.3 is 0 Å². The summed E-state index contributed by atoms with van der Waals surface area (Å²) in [7, 11) is 0. The van der Waals surface area contributed by atoms with Gasteiger partial charge in [-0.05, 0) is 26.3 Å². The van der Waals surface area contributed by atoms with Gasteiger partial charge < -0.3 is 19.8 Å². The third-order valence-electron chi connectivity index (χ3n) is 3.46. The Bertz CT molecular complexity index is 570. The number of aromatic nitrogens is 1. The highest BCUT2D eigenvalue weighted by Crippen LogP contribution is 2.13. The molecule has 120 valence electrons. The zero-order valence-corrected chi connectivity index (χ0v) is 12.9. The van der Waals surface area contributed by atoms with Crippen molar-refractivity contribution in [2.45, 2.75) is 32.4 Å². The third kappa shape index (κ3) is 4.82. The number of allylic oxidation sites excluding steroid dienone is 1. The Hall–Kier alpha value is -1.92. The summed E-state index contributed by atoms with van der Waals surface area (Å²) in [5.41, 5.74) is 1.37. The second kappa shape index (κ2) is 7.91. The summed E-state index contributed by atoms with van der Waals surface area (Å²) < 4.78 is 11.3. The number of carbonyl (C=O) groups excluding carboxylic acids is 1. The minimum atomic E-state index is -0.248. The predicted octanol–water partition coefficient (Wildman–Crippen LogP) is 1.24. The van der Waals surface area contributed by atoms with E-state index < -0.39 is 0 Å². The Balaban J connectivity index is 1.95. The molecule has 0 aliphatic carbocycles. The van der Waals surface area contributed by atoms with E-state index in [9.17, 15) is 9.59 Å². The summed E-state index contributed by atoms with van der Waals surface area (Å²) in [5.74, 6) is -0.248. The Kier molecular flexibility index (Phi) is 5.91. The van der Waals surface area contributed by atoms with E-state index in [4.69, 9.17) is 9.47 Å². The van der Waals surface area contributed by atoms with Gasteiger partial charge in [-0.25, -0.2) is 0 Å². The first-order valence-electron chi connectivity index (χ1n) is 7.38. The maximum atomic E-state index is 12.2. The van der Waals surface area contributed by atoms with E-state index in [2.05, 4.69) is 10.3 Å². The van der Waals surface area contributed by atoms with E-state index in [1.165, 1.54) is 23.9 Å². The zero-order chi connectivity index (χ0) is 15.9. The van der Waals surface area contributed by atoms with Gasteiger partial charge in [-0.1, -0.05) is 11.6 Å². The van der Waals surface area contributed by atoms with Gasteiger partial charge in [0.15, 0.2) is 0 Å². The number of pyridine rings is 1. The molecule has 0 unspecified atom stereocenters. The number of aromatic amines is 1. The highest BCUT2D eigenvalue weighted by atomic mass is 16.5. The van der Waals surface area contributed by atoms with Gasteiger partial charge in [0.1, 0.15) is 0 Å². The second-order valence-electron chi connectivity index (χ2n) is 5.54. The molecule has 1 aliphatic rings. The van der Waals surface area contributed by atoms with Crippen molar-refractivity contribution in [1.29, 1.82) is 0 Å². The zero-order valence-electron chi connectivity index (χ0n) is 12.9. The molecule has 1 fully saturated rings. The molecule has 1 amide bonds. The second-order valence-corrected chi connectivity index (χ2v) is 5.54. The normalized spacial score (nSPS) is 21.2. The summed E-state index contributed by atoms with van der Waals surface area (Å²) >= 11 is 0. The molecule has 1 saturated heterocycles. The van der Waals surface area contributed by atoms with Crippen LogP contribution in [-0.4, -0.2) is 42.9 Å². The molecular weight excluding hydrogens is 284 g/mol. The number of amides is 1. The molecule has 0 radical (unpaired) electrons. The van der Waals surface area contributed by atoms with Crippen molar-refractivity contribution in [3.05, 3.63) is 45.9 Å². The fourth-order valence-corrected chi connectivity index (χ4v) is 2.19. The van der Waals surface area contributed by atoms with Crippen molar-refractivity contribution in [1.82, 2.24) is 10.3 Å². The van der Waals surface area contributed by atoms with Crippen molar-refractivity contribution in [2.75, 3.05) is 19.8 Å². The number of carbonyl (C=O) groups is 1. The first kappa shape index (κ1) is 16.5. The number of rotatable bonds is 5. The van der Waals surface area contributed by atoms with Crippen LogP contribution in [0.4, 0.5) is 0 Å². The monoisotopic (exact) mass is 306 g/mol. The molecule has 0 bridgehead atoms. The SMILES string of the molecule is CC(C)=CCO[C@@H]1CCOC[C@@H]1NC(=O)c1ccc(=O)[nH]c1. The quantitative estimate of drug-likeness (QED) is 0.802. The van der Waals surface area contributed by atoms with Crippen LogP contribution in [-0.2, 0) is 9.47 Å². The van der Waals surface area contributed by atoms with Crippen LogP contribution in [0.1, 0.15) is 30.6 Å². The predicted molar refractivity (Wildman–Crippen MR) is 82.9 cm³/mol. The highest BCUT2D eigenvalue weighted by molar-refractivity contribution is 5.94. The molecule has 22 heavy (non-hydrogen) atoms. The maximum Gasteiger partial charge on any atom is 0.253 e. The lowest BCUT2D eigenvalue weighted by Gasteiger charge is -2.31. The van der Waals surface area contributed by atoms with E-state index >= 15 is 0 Å². The fourth-order valence-electron chi connectivity index (χ4n) is 2.19. The van der Waals surface area contributed by atoms with Crippen LogP contribution in [0, 0.1) is 0 Å². The van der Waals surface area contributed by atoms with Gasteiger partial charge in [0.05, 0.1) is 30.9 Å². The van der Waals surface area contributed by atoms with Gasteiger partial charge in [0.2, 0.25) is 5.56 Å². The fraction of sp³-hybridized carbons (Fsp3) is 0.500. The molecule has 2 N–H and O–H groups in total.